The van der Waals surface area contributed by atoms with E-state index in [9.17, 15) is 4.79 Å². The number of carbonyl (C=O) groups excluding carboxylic acids is 1. The highest BCUT2D eigenvalue weighted by molar-refractivity contribution is 5.65. The fourth-order valence-corrected chi connectivity index (χ4v) is 3.73. The summed E-state index contributed by atoms with van der Waals surface area (Å²) < 4.78 is 10.6. The molecule has 2 atom stereocenters. The number of nitrogens with zero attached hydrogens (tertiary/aromatic N) is 2. The van der Waals surface area contributed by atoms with E-state index in [-0.39, 0.29) is 12.1 Å². The summed E-state index contributed by atoms with van der Waals surface area (Å²) in [6, 6.07) is 18.3. The number of anilines is 1. The molecule has 2 aromatic rings. The van der Waals surface area contributed by atoms with Crippen LogP contribution in [-0.2, 0) is 4.74 Å². The minimum absolute atomic E-state index is 0.280. The van der Waals surface area contributed by atoms with Gasteiger partial charge in [0.25, 0.3) is 0 Å². The molecule has 150 valence electrons. The van der Waals surface area contributed by atoms with Gasteiger partial charge in [-0.3, -0.25) is 4.90 Å². The van der Waals surface area contributed by atoms with Crippen molar-refractivity contribution in [2.75, 3.05) is 38.2 Å². The highest BCUT2D eigenvalue weighted by Crippen LogP contribution is 2.26. The highest BCUT2D eigenvalue weighted by Gasteiger charge is 2.25. The maximum atomic E-state index is 11.4. The van der Waals surface area contributed by atoms with Gasteiger partial charge in [-0.05, 0) is 36.8 Å². The molecule has 1 aliphatic rings. The molecule has 2 aromatic carbocycles. The van der Waals surface area contributed by atoms with E-state index in [1.54, 1.807) is 7.11 Å². The van der Waals surface area contributed by atoms with Crippen molar-refractivity contribution in [3.8, 4) is 5.75 Å². The van der Waals surface area contributed by atoms with Crippen molar-refractivity contribution >= 4 is 11.8 Å². The van der Waals surface area contributed by atoms with Crippen LogP contribution in [0.2, 0.25) is 0 Å². The van der Waals surface area contributed by atoms with Crippen LogP contribution in [0.25, 0.3) is 0 Å². The van der Waals surface area contributed by atoms with Crippen molar-refractivity contribution in [1.82, 2.24) is 4.90 Å². The maximum Gasteiger partial charge on any atom is 0.405 e. The summed E-state index contributed by atoms with van der Waals surface area (Å²) >= 11 is 0. The summed E-state index contributed by atoms with van der Waals surface area (Å²) in [5.74, 6) is 0.873. The largest absolute Gasteiger partial charge is 0.497 e. The molecule has 28 heavy (non-hydrogen) atoms. The average Bonchev–Trinajstić information content (AvgIpc) is 2.74. The predicted molar refractivity (Wildman–Crippen MR) is 111 cm³/mol. The van der Waals surface area contributed by atoms with E-state index in [4.69, 9.17) is 15.2 Å². The monoisotopic (exact) mass is 383 g/mol. The third-order valence-corrected chi connectivity index (χ3v) is 5.36. The fraction of sp³-hybridized carbons (Fsp3) is 0.409. The first kappa shape index (κ1) is 20.0. The number of ether oxygens (including phenoxy) is 2. The molecule has 6 heteroatoms. The van der Waals surface area contributed by atoms with Gasteiger partial charge in [0.15, 0.2) is 0 Å². The van der Waals surface area contributed by atoms with Gasteiger partial charge in [0.1, 0.15) is 11.9 Å². The second-order valence-corrected chi connectivity index (χ2v) is 7.14. The Balaban J connectivity index is 1.57. The normalized spacial score (nSPS) is 17.0. The Labute approximate surface area is 166 Å². The number of hydrogen-bond donors (Lipinski definition) is 1. The molecule has 1 saturated heterocycles. The first-order valence-corrected chi connectivity index (χ1v) is 9.71. The lowest BCUT2D eigenvalue weighted by atomic mass is 10.0. The Morgan fingerprint density at radius 2 is 1.68 bits per heavy atom. The van der Waals surface area contributed by atoms with Gasteiger partial charge in [-0.2, -0.15) is 0 Å². The van der Waals surface area contributed by atoms with Crippen LogP contribution >= 0.6 is 0 Å². The molecule has 1 aliphatic heterocycles. The van der Waals surface area contributed by atoms with E-state index < -0.39 is 6.09 Å². The molecule has 2 N–H and O–H groups in total. The number of amides is 1. The molecule has 1 heterocycles. The molecule has 0 spiro atoms. The Hall–Kier alpha value is -2.73. The van der Waals surface area contributed by atoms with E-state index in [0.717, 1.165) is 43.9 Å². The lowest BCUT2D eigenvalue weighted by Gasteiger charge is -2.40. The Bertz CT molecular complexity index is 743. The van der Waals surface area contributed by atoms with Gasteiger partial charge in [0.05, 0.1) is 7.11 Å². The van der Waals surface area contributed by atoms with E-state index in [0.29, 0.717) is 0 Å². The molecule has 3 rings (SSSR count). The third-order valence-electron chi connectivity index (χ3n) is 5.36. The molecule has 0 aliphatic carbocycles. The lowest BCUT2D eigenvalue weighted by Crippen LogP contribution is -2.50. The van der Waals surface area contributed by atoms with Crippen LogP contribution < -0.4 is 15.4 Å². The highest BCUT2D eigenvalue weighted by atomic mass is 16.6. The standard InChI is InChI=1S/C22H29N3O3/c1-17(16-21(28-22(23)26)18-6-4-3-5-7-18)24-12-14-25(15-13-24)19-8-10-20(27-2)11-9-19/h3-11,17,21H,12-16H2,1-2H3,(H2,23,26)/t17?,21-/m1/s1. The number of primary amides is 1. The minimum atomic E-state index is -0.731. The van der Waals surface area contributed by atoms with Crippen LogP contribution in [0.3, 0.4) is 0 Å². The average molecular weight is 383 g/mol. The zero-order valence-corrected chi connectivity index (χ0v) is 16.6. The number of benzene rings is 2. The maximum absolute atomic E-state index is 11.4. The Kier molecular flexibility index (Phi) is 6.76. The number of hydrogen-bond acceptors (Lipinski definition) is 5. The Morgan fingerprint density at radius 1 is 1.04 bits per heavy atom. The van der Waals surface area contributed by atoms with Gasteiger partial charge < -0.3 is 20.1 Å². The molecular weight excluding hydrogens is 354 g/mol. The molecule has 0 saturated carbocycles. The van der Waals surface area contributed by atoms with E-state index in [2.05, 4.69) is 28.9 Å². The number of nitrogens with two attached hydrogens (primary N) is 1. The van der Waals surface area contributed by atoms with Crippen LogP contribution in [0.5, 0.6) is 5.75 Å². The van der Waals surface area contributed by atoms with Crippen molar-refractivity contribution in [3.63, 3.8) is 0 Å². The van der Waals surface area contributed by atoms with Crippen LogP contribution in [0.1, 0.15) is 25.0 Å². The quantitative estimate of drug-likeness (QED) is 0.793. The summed E-state index contributed by atoms with van der Waals surface area (Å²) in [5.41, 5.74) is 7.49. The molecule has 0 aromatic heterocycles. The van der Waals surface area contributed by atoms with Crippen molar-refractivity contribution in [1.29, 1.82) is 0 Å². The van der Waals surface area contributed by atoms with Crippen molar-refractivity contribution in [2.24, 2.45) is 5.73 Å². The topological polar surface area (TPSA) is 68.0 Å². The summed E-state index contributed by atoms with van der Waals surface area (Å²) in [6.07, 6.45) is -0.339. The number of rotatable bonds is 7. The van der Waals surface area contributed by atoms with E-state index in [1.807, 2.05) is 42.5 Å². The predicted octanol–water partition coefficient (Wildman–Crippen LogP) is 3.43. The van der Waals surface area contributed by atoms with Gasteiger partial charge >= 0.3 is 6.09 Å². The van der Waals surface area contributed by atoms with Crippen LogP contribution in [-0.4, -0.2) is 50.3 Å². The molecule has 0 bridgehead atoms. The first-order chi connectivity index (χ1) is 13.6. The summed E-state index contributed by atoms with van der Waals surface area (Å²) in [5, 5.41) is 0. The zero-order valence-electron chi connectivity index (χ0n) is 16.6. The van der Waals surface area contributed by atoms with Gasteiger partial charge in [0, 0.05) is 44.3 Å². The molecule has 1 amide bonds. The smallest absolute Gasteiger partial charge is 0.405 e. The third kappa shape index (κ3) is 5.16. The van der Waals surface area contributed by atoms with Crippen molar-refractivity contribution in [2.45, 2.75) is 25.5 Å². The number of methoxy groups -OCH3 is 1. The second kappa shape index (κ2) is 9.46. The first-order valence-electron chi connectivity index (χ1n) is 9.71. The summed E-state index contributed by atoms with van der Waals surface area (Å²) in [4.78, 5) is 16.2. The molecule has 0 radical (unpaired) electrons. The summed E-state index contributed by atoms with van der Waals surface area (Å²) in [6.45, 7) is 6.03. The van der Waals surface area contributed by atoms with E-state index >= 15 is 0 Å². The number of piperazine rings is 1. The Morgan fingerprint density at radius 3 is 2.25 bits per heavy atom. The van der Waals surface area contributed by atoms with Crippen LogP contribution in [0.15, 0.2) is 54.6 Å². The second-order valence-electron chi connectivity index (χ2n) is 7.14. The van der Waals surface area contributed by atoms with Gasteiger partial charge in [-0.15, -0.1) is 0 Å². The zero-order chi connectivity index (χ0) is 19.9. The number of carbonyl (C=O) groups is 1. The lowest BCUT2D eigenvalue weighted by molar-refractivity contribution is 0.0740. The van der Waals surface area contributed by atoms with Gasteiger partial charge in [-0.25, -0.2) is 4.79 Å². The molecule has 1 fully saturated rings. The molecule has 1 unspecified atom stereocenters. The van der Waals surface area contributed by atoms with E-state index in [1.165, 1.54) is 5.69 Å². The van der Waals surface area contributed by atoms with Gasteiger partial charge in [0.2, 0.25) is 0 Å². The summed E-state index contributed by atoms with van der Waals surface area (Å²) in [7, 11) is 1.68. The van der Waals surface area contributed by atoms with Crippen LogP contribution in [0, 0.1) is 0 Å². The molecule has 6 nitrogen and oxygen atoms in total. The fourth-order valence-electron chi connectivity index (χ4n) is 3.73. The SMILES string of the molecule is COc1ccc(N2CCN(C(C)C[C@@H](OC(N)=O)c3ccccc3)CC2)cc1. The molecular formula is C22H29N3O3. The van der Waals surface area contributed by atoms with Crippen molar-refractivity contribution < 1.29 is 14.3 Å². The minimum Gasteiger partial charge on any atom is -0.497 e. The van der Waals surface area contributed by atoms with Gasteiger partial charge in [-0.1, -0.05) is 30.3 Å². The van der Waals surface area contributed by atoms with Crippen molar-refractivity contribution in [3.05, 3.63) is 60.2 Å². The van der Waals surface area contributed by atoms with Crippen LogP contribution in [0.4, 0.5) is 10.5 Å².